The molecule has 2 heterocycles. The Balaban J connectivity index is 1.48. The van der Waals surface area contributed by atoms with Crippen molar-refractivity contribution in [1.82, 2.24) is 19.7 Å². The first-order valence-electron chi connectivity index (χ1n) is 11.5. The van der Waals surface area contributed by atoms with Crippen LogP contribution in [0.5, 0.6) is 0 Å². The van der Waals surface area contributed by atoms with E-state index in [9.17, 15) is 14.0 Å². The summed E-state index contributed by atoms with van der Waals surface area (Å²) in [5.41, 5.74) is 3.58. The molecule has 0 radical (unpaired) electrons. The van der Waals surface area contributed by atoms with Crippen LogP contribution in [-0.4, -0.2) is 26.3 Å². The van der Waals surface area contributed by atoms with Crippen LogP contribution in [0, 0.1) is 19.7 Å². The summed E-state index contributed by atoms with van der Waals surface area (Å²) in [5.74, 6) is -0.524. The number of rotatable bonds is 8. The predicted molar refractivity (Wildman–Crippen MR) is 131 cm³/mol. The van der Waals surface area contributed by atoms with Gasteiger partial charge in [-0.25, -0.2) is 9.07 Å². The zero-order chi connectivity index (χ0) is 24.2. The fraction of sp³-hybridized carbons (Fsp3) is 0.296. The van der Waals surface area contributed by atoms with Crippen LogP contribution in [0.4, 0.5) is 4.39 Å². The highest BCUT2D eigenvalue weighted by Crippen LogP contribution is 2.23. The van der Waals surface area contributed by atoms with Gasteiger partial charge in [-0.1, -0.05) is 42.5 Å². The molecular formula is C27H29FN4O2. The summed E-state index contributed by atoms with van der Waals surface area (Å²) < 4.78 is 16.5. The summed E-state index contributed by atoms with van der Waals surface area (Å²) in [6, 6.07) is 16.4. The smallest absolute Gasteiger partial charge is 0.276 e. The van der Waals surface area contributed by atoms with Gasteiger partial charge in [0.25, 0.3) is 5.56 Å². The number of aryl methyl sites for hydroxylation is 3. The molecule has 0 fully saturated rings. The number of carbonyl (C=O) groups is 1. The van der Waals surface area contributed by atoms with Crippen LogP contribution < -0.4 is 10.9 Å². The predicted octanol–water partition coefficient (Wildman–Crippen LogP) is 4.14. The van der Waals surface area contributed by atoms with Crippen molar-refractivity contribution in [3.8, 4) is 0 Å². The lowest BCUT2D eigenvalue weighted by Crippen LogP contribution is -2.38. The number of aromatic nitrogens is 3. The summed E-state index contributed by atoms with van der Waals surface area (Å²) in [6.07, 6.45) is 3.32. The molecule has 1 unspecified atom stereocenters. The lowest BCUT2D eigenvalue weighted by Gasteiger charge is -2.14. The number of halogens is 1. The van der Waals surface area contributed by atoms with Crippen LogP contribution in [-0.2, 0) is 24.3 Å². The Morgan fingerprint density at radius 2 is 1.74 bits per heavy atom. The molecule has 1 N–H and O–H groups in total. The van der Waals surface area contributed by atoms with Gasteiger partial charge in [-0.2, -0.15) is 5.10 Å². The molecule has 0 spiro atoms. The molecule has 2 aromatic carbocycles. The van der Waals surface area contributed by atoms with Crippen molar-refractivity contribution < 1.29 is 9.18 Å². The van der Waals surface area contributed by atoms with E-state index in [0.29, 0.717) is 11.9 Å². The van der Waals surface area contributed by atoms with E-state index in [1.54, 1.807) is 18.3 Å². The van der Waals surface area contributed by atoms with Crippen molar-refractivity contribution >= 4 is 16.7 Å². The molecule has 0 saturated heterocycles. The maximum absolute atomic E-state index is 13.3. The van der Waals surface area contributed by atoms with E-state index in [1.165, 1.54) is 22.4 Å². The lowest BCUT2D eigenvalue weighted by molar-refractivity contribution is -0.122. The van der Waals surface area contributed by atoms with Gasteiger partial charge in [0.15, 0.2) is 0 Å². The number of nitrogens with one attached hydrogen (secondary N) is 1. The second-order valence-corrected chi connectivity index (χ2v) is 8.77. The summed E-state index contributed by atoms with van der Waals surface area (Å²) in [6.45, 7) is 6.17. The van der Waals surface area contributed by atoms with E-state index in [4.69, 9.17) is 0 Å². The standard InChI is InChI=1S/C27H29FN4O2/c1-18(9-10-21-7-5-4-6-8-21)30-25(33)17-32-27(34)26-20(3)31(19(2)24(26)15-29-32)16-22-11-13-23(28)14-12-22/h4-8,11-15,18H,9-10,16-17H2,1-3H3,(H,30,33). The summed E-state index contributed by atoms with van der Waals surface area (Å²) in [7, 11) is 0. The van der Waals surface area contributed by atoms with Crippen molar-refractivity contribution in [2.45, 2.75) is 52.7 Å². The van der Waals surface area contributed by atoms with Gasteiger partial charge in [-0.15, -0.1) is 0 Å². The number of hydrogen-bond acceptors (Lipinski definition) is 3. The summed E-state index contributed by atoms with van der Waals surface area (Å²) in [4.78, 5) is 25.8. The van der Waals surface area contributed by atoms with E-state index >= 15 is 0 Å². The highest BCUT2D eigenvalue weighted by molar-refractivity contribution is 5.87. The summed E-state index contributed by atoms with van der Waals surface area (Å²) in [5, 5.41) is 8.55. The molecule has 0 aliphatic carbocycles. The third-order valence-corrected chi connectivity index (χ3v) is 6.27. The van der Waals surface area contributed by atoms with Crippen LogP contribution in [0.25, 0.3) is 10.8 Å². The van der Waals surface area contributed by atoms with Crippen LogP contribution >= 0.6 is 0 Å². The maximum atomic E-state index is 13.3. The average Bonchev–Trinajstić information content (AvgIpc) is 3.06. The van der Waals surface area contributed by atoms with E-state index < -0.39 is 0 Å². The second-order valence-electron chi connectivity index (χ2n) is 8.77. The number of hydrogen-bond donors (Lipinski definition) is 1. The molecule has 34 heavy (non-hydrogen) atoms. The summed E-state index contributed by atoms with van der Waals surface area (Å²) >= 11 is 0. The topological polar surface area (TPSA) is 68.9 Å². The maximum Gasteiger partial charge on any atom is 0.276 e. The first kappa shape index (κ1) is 23.4. The molecule has 0 aliphatic rings. The van der Waals surface area contributed by atoms with Crippen LogP contribution in [0.1, 0.15) is 35.9 Å². The Bertz CT molecular complexity index is 1360. The zero-order valence-electron chi connectivity index (χ0n) is 19.7. The number of fused-ring (bicyclic) bond motifs is 1. The molecule has 1 atom stereocenters. The Morgan fingerprint density at radius 1 is 1.03 bits per heavy atom. The van der Waals surface area contributed by atoms with E-state index in [0.717, 1.165) is 35.2 Å². The van der Waals surface area contributed by atoms with E-state index in [1.807, 2.05) is 43.5 Å². The number of nitrogens with zero attached hydrogens (tertiary/aromatic N) is 3. The van der Waals surface area contributed by atoms with Crippen molar-refractivity contribution in [2.75, 3.05) is 0 Å². The van der Waals surface area contributed by atoms with E-state index in [-0.39, 0.29) is 29.9 Å². The van der Waals surface area contributed by atoms with Gasteiger partial charge >= 0.3 is 0 Å². The van der Waals surface area contributed by atoms with Gasteiger partial charge in [0.2, 0.25) is 5.91 Å². The minimum absolute atomic E-state index is 0.0205. The highest BCUT2D eigenvalue weighted by atomic mass is 19.1. The van der Waals surface area contributed by atoms with Gasteiger partial charge in [0.05, 0.1) is 11.6 Å². The normalized spacial score (nSPS) is 12.1. The second kappa shape index (κ2) is 10.0. The zero-order valence-corrected chi connectivity index (χ0v) is 19.7. The number of benzene rings is 2. The van der Waals surface area contributed by atoms with Crippen molar-refractivity contribution in [1.29, 1.82) is 0 Å². The fourth-order valence-electron chi connectivity index (χ4n) is 4.32. The monoisotopic (exact) mass is 460 g/mol. The molecule has 7 heteroatoms. The minimum Gasteiger partial charge on any atom is -0.352 e. The Morgan fingerprint density at radius 3 is 2.44 bits per heavy atom. The van der Waals surface area contributed by atoms with Gasteiger partial charge in [-0.3, -0.25) is 9.59 Å². The average molecular weight is 461 g/mol. The Labute approximate surface area is 198 Å². The minimum atomic E-state index is -0.289. The third kappa shape index (κ3) is 5.09. The molecular weight excluding hydrogens is 431 g/mol. The first-order valence-corrected chi connectivity index (χ1v) is 11.5. The number of amides is 1. The molecule has 176 valence electrons. The molecule has 4 rings (SSSR count). The Hall–Kier alpha value is -3.74. The third-order valence-electron chi connectivity index (χ3n) is 6.27. The molecule has 1 amide bonds. The van der Waals surface area contributed by atoms with Gasteiger partial charge in [0, 0.05) is 29.4 Å². The van der Waals surface area contributed by atoms with Gasteiger partial charge in [0.1, 0.15) is 12.4 Å². The van der Waals surface area contributed by atoms with Crippen LogP contribution in [0.15, 0.2) is 65.6 Å². The molecule has 6 nitrogen and oxygen atoms in total. The lowest BCUT2D eigenvalue weighted by atomic mass is 10.1. The Kier molecular flexibility index (Phi) is 6.91. The molecule has 0 bridgehead atoms. The molecule has 0 aliphatic heterocycles. The van der Waals surface area contributed by atoms with Crippen molar-refractivity contribution in [2.24, 2.45) is 0 Å². The largest absolute Gasteiger partial charge is 0.352 e. The van der Waals surface area contributed by atoms with Gasteiger partial charge in [-0.05, 0) is 56.9 Å². The van der Waals surface area contributed by atoms with E-state index in [2.05, 4.69) is 22.5 Å². The fourth-order valence-corrected chi connectivity index (χ4v) is 4.32. The number of carbonyl (C=O) groups excluding carboxylic acids is 1. The first-order chi connectivity index (χ1) is 16.3. The molecule has 0 saturated carbocycles. The molecule has 2 aromatic heterocycles. The van der Waals surface area contributed by atoms with Crippen LogP contribution in [0.3, 0.4) is 0 Å². The van der Waals surface area contributed by atoms with Crippen LogP contribution in [0.2, 0.25) is 0 Å². The van der Waals surface area contributed by atoms with Crippen molar-refractivity contribution in [3.05, 3.63) is 99.5 Å². The molecule has 4 aromatic rings. The highest BCUT2D eigenvalue weighted by Gasteiger charge is 2.18. The van der Waals surface area contributed by atoms with Gasteiger partial charge < -0.3 is 9.88 Å². The van der Waals surface area contributed by atoms with Crippen molar-refractivity contribution in [3.63, 3.8) is 0 Å². The quantitative estimate of drug-likeness (QED) is 0.430. The SMILES string of the molecule is Cc1c2cnn(CC(=O)NC(C)CCc3ccccc3)c(=O)c2c(C)n1Cc1ccc(F)cc1.